The van der Waals surface area contributed by atoms with Crippen molar-refractivity contribution in [1.29, 1.82) is 0 Å². The molecule has 8 nitrogen and oxygen atoms in total. The number of rotatable bonds is 3. The van der Waals surface area contributed by atoms with Gasteiger partial charge in [-0.25, -0.2) is 15.0 Å². The topological polar surface area (TPSA) is 113 Å². The summed E-state index contributed by atoms with van der Waals surface area (Å²) in [6.07, 6.45) is -0.338. The highest BCUT2D eigenvalue weighted by molar-refractivity contribution is 5.84. The van der Waals surface area contributed by atoms with Crippen molar-refractivity contribution in [3.63, 3.8) is 0 Å². The molecule has 1 saturated carbocycles. The SMILES string of the molecule is CNc1nc(C#Cc2ccccc2C)nc2c1ncn2[C@@H]1C[C@H](C(C)=O)C(O)[C@H]1O. The van der Waals surface area contributed by atoms with Crippen LogP contribution >= 0.6 is 0 Å². The Bertz CT molecular complexity index is 1180. The second-order valence-corrected chi connectivity index (χ2v) is 7.54. The zero-order valence-corrected chi connectivity index (χ0v) is 17.0. The Morgan fingerprint density at radius 3 is 2.63 bits per heavy atom. The van der Waals surface area contributed by atoms with Crippen molar-refractivity contribution in [1.82, 2.24) is 19.5 Å². The second-order valence-electron chi connectivity index (χ2n) is 7.54. The summed E-state index contributed by atoms with van der Waals surface area (Å²) < 4.78 is 1.70. The predicted molar refractivity (Wildman–Crippen MR) is 112 cm³/mol. The molecule has 2 heterocycles. The normalized spacial score (nSPS) is 23.2. The fourth-order valence-corrected chi connectivity index (χ4v) is 3.92. The van der Waals surface area contributed by atoms with Crippen LogP contribution in [0.3, 0.4) is 0 Å². The quantitative estimate of drug-likeness (QED) is 0.565. The van der Waals surface area contributed by atoms with E-state index in [2.05, 4.69) is 32.1 Å². The van der Waals surface area contributed by atoms with Gasteiger partial charge in [0.25, 0.3) is 0 Å². The summed E-state index contributed by atoms with van der Waals surface area (Å²) >= 11 is 0. The highest BCUT2D eigenvalue weighted by Gasteiger charge is 2.45. The monoisotopic (exact) mass is 405 g/mol. The lowest BCUT2D eigenvalue weighted by atomic mass is 10.0. The maximum atomic E-state index is 11.8. The number of anilines is 1. The predicted octanol–water partition coefficient (Wildman–Crippen LogP) is 1.45. The average Bonchev–Trinajstić information content (AvgIpc) is 3.28. The number of aryl methyl sites for hydroxylation is 1. The van der Waals surface area contributed by atoms with E-state index in [4.69, 9.17) is 0 Å². The van der Waals surface area contributed by atoms with Gasteiger partial charge in [-0.1, -0.05) is 24.1 Å². The van der Waals surface area contributed by atoms with Crippen LogP contribution in [0.2, 0.25) is 0 Å². The molecule has 0 saturated heterocycles. The zero-order chi connectivity index (χ0) is 21.4. The van der Waals surface area contributed by atoms with Crippen LogP contribution in [0.15, 0.2) is 30.6 Å². The van der Waals surface area contributed by atoms with E-state index in [-0.39, 0.29) is 5.78 Å². The molecule has 0 bridgehead atoms. The minimum absolute atomic E-state index is 0.149. The zero-order valence-electron chi connectivity index (χ0n) is 17.0. The summed E-state index contributed by atoms with van der Waals surface area (Å²) in [7, 11) is 1.74. The average molecular weight is 405 g/mol. The number of nitrogens with zero attached hydrogens (tertiary/aromatic N) is 4. The van der Waals surface area contributed by atoms with Crippen molar-refractivity contribution in [2.45, 2.75) is 38.5 Å². The number of benzene rings is 1. The minimum atomic E-state index is -1.11. The van der Waals surface area contributed by atoms with Crippen LogP contribution in [0.25, 0.3) is 11.2 Å². The summed E-state index contributed by atoms with van der Waals surface area (Å²) in [4.78, 5) is 25.2. The van der Waals surface area contributed by atoms with Crippen molar-refractivity contribution in [3.8, 4) is 11.8 Å². The summed E-state index contributed by atoms with van der Waals surface area (Å²) in [6.45, 7) is 3.41. The lowest BCUT2D eigenvalue weighted by molar-refractivity contribution is -0.124. The summed E-state index contributed by atoms with van der Waals surface area (Å²) in [5, 5.41) is 23.8. The molecule has 1 fully saturated rings. The number of nitrogens with one attached hydrogen (secondary N) is 1. The van der Waals surface area contributed by atoms with Crippen molar-refractivity contribution < 1.29 is 15.0 Å². The van der Waals surface area contributed by atoms with Crippen molar-refractivity contribution in [2.75, 3.05) is 12.4 Å². The van der Waals surface area contributed by atoms with Gasteiger partial charge in [-0.15, -0.1) is 0 Å². The first-order valence-electron chi connectivity index (χ1n) is 9.77. The van der Waals surface area contributed by atoms with E-state index in [0.29, 0.717) is 29.2 Å². The molecule has 0 amide bonds. The number of aliphatic hydroxyl groups excluding tert-OH is 2. The minimum Gasteiger partial charge on any atom is -0.390 e. The van der Waals surface area contributed by atoms with Gasteiger partial charge in [0.2, 0.25) is 5.82 Å². The molecule has 0 spiro atoms. The number of carbonyl (C=O) groups is 1. The van der Waals surface area contributed by atoms with Gasteiger partial charge in [-0.3, -0.25) is 4.79 Å². The maximum absolute atomic E-state index is 11.8. The number of ketones is 1. The summed E-state index contributed by atoms with van der Waals surface area (Å²) in [5.74, 6) is 6.17. The molecular weight excluding hydrogens is 382 g/mol. The van der Waals surface area contributed by atoms with E-state index in [1.54, 1.807) is 17.9 Å². The van der Waals surface area contributed by atoms with Gasteiger partial charge in [0.05, 0.1) is 18.5 Å². The number of carbonyl (C=O) groups excluding carboxylic acids is 1. The van der Waals surface area contributed by atoms with Crippen molar-refractivity contribution >= 4 is 22.8 Å². The standard InChI is InChI=1S/C22H23N5O3/c1-12-6-4-5-7-14(12)8-9-17-25-21(23-3)18-22(26-17)27(11-24-18)16-10-15(13(2)28)19(29)20(16)30/h4-7,11,15-16,19-20,29-30H,10H2,1-3H3,(H,23,25,26)/t15-,16-,19?,20+/m1/s1. The van der Waals surface area contributed by atoms with Gasteiger partial charge in [-0.2, -0.15) is 0 Å². The largest absolute Gasteiger partial charge is 0.390 e. The summed E-state index contributed by atoms with van der Waals surface area (Å²) in [5.41, 5.74) is 2.97. The molecule has 4 atom stereocenters. The highest BCUT2D eigenvalue weighted by atomic mass is 16.3. The van der Waals surface area contributed by atoms with E-state index >= 15 is 0 Å². The number of aromatic nitrogens is 4. The first-order chi connectivity index (χ1) is 14.4. The van der Waals surface area contributed by atoms with Gasteiger partial charge in [0.15, 0.2) is 17.0 Å². The number of imidazole rings is 1. The lowest BCUT2D eigenvalue weighted by Gasteiger charge is -2.18. The van der Waals surface area contributed by atoms with Crippen LogP contribution in [0.5, 0.6) is 0 Å². The van der Waals surface area contributed by atoms with Gasteiger partial charge in [-0.05, 0) is 37.8 Å². The highest BCUT2D eigenvalue weighted by Crippen LogP contribution is 2.37. The number of hydrogen-bond donors (Lipinski definition) is 3. The Hall–Kier alpha value is -3.28. The van der Waals surface area contributed by atoms with Gasteiger partial charge >= 0.3 is 0 Å². The number of Topliss-reactive ketones (excluding diaryl/α,β-unsaturated/α-hetero) is 1. The number of hydrogen-bond acceptors (Lipinski definition) is 7. The Morgan fingerprint density at radius 2 is 1.97 bits per heavy atom. The Labute approximate surface area is 174 Å². The van der Waals surface area contributed by atoms with E-state index in [0.717, 1.165) is 11.1 Å². The molecule has 1 aliphatic carbocycles. The third kappa shape index (κ3) is 3.43. The first kappa shape index (κ1) is 20.0. The molecule has 1 aromatic carbocycles. The van der Waals surface area contributed by atoms with Gasteiger partial charge < -0.3 is 20.1 Å². The van der Waals surface area contributed by atoms with Crippen LogP contribution in [0.4, 0.5) is 5.82 Å². The molecule has 8 heteroatoms. The lowest BCUT2D eigenvalue weighted by Crippen LogP contribution is -2.31. The number of fused-ring (bicyclic) bond motifs is 1. The molecule has 4 rings (SSSR count). The molecule has 3 aromatic rings. The van der Waals surface area contributed by atoms with E-state index < -0.39 is 24.2 Å². The Balaban J connectivity index is 1.78. The molecule has 3 N–H and O–H groups in total. The third-order valence-electron chi connectivity index (χ3n) is 5.64. The molecule has 2 aromatic heterocycles. The van der Waals surface area contributed by atoms with Crippen LogP contribution < -0.4 is 5.32 Å². The summed E-state index contributed by atoms with van der Waals surface area (Å²) in [6, 6.07) is 7.28. The third-order valence-corrected chi connectivity index (χ3v) is 5.64. The van der Waals surface area contributed by atoms with Crippen LogP contribution in [-0.2, 0) is 4.79 Å². The van der Waals surface area contributed by atoms with Gasteiger partial charge in [0.1, 0.15) is 11.9 Å². The van der Waals surface area contributed by atoms with E-state index in [9.17, 15) is 15.0 Å². The first-order valence-corrected chi connectivity index (χ1v) is 9.77. The molecule has 0 radical (unpaired) electrons. The van der Waals surface area contributed by atoms with E-state index in [1.807, 2.05) is 31.2 Å². The number of aliphatic hydroxyl groups is 2. The van der Waals surface area contributed by atoms with Crippen LogP contribution in [-0.4, -0.2) is 54.8 Å². The van der Waals surface area contributed by atoms with Crippen LogP contribution in [0.1, 0.15) is 36.3 Å². The maximum Gasteiger partial charge on any atom is 0.209 e. The fraction of sp³-hybridized carbons (Fsp3) is 0.364. The Kier molecular flexibility index (Phi) is 5.24. The molecule has 154 valence electrons. The molecule has 0 aliphatic heterocycles. The molecular formula is C22H23N5O3. The molecule has 1 unspecified atom stereocenters. The van der Waals surface area contributed by atoms with Crippen molar-refractivity contribution in [2.24, 2.45) is 5.92 Å². The van der Waals surface area contributed by atoms with Crippen molar-refractivity contribution in [3.05, 3.63) is 47.5 Å². The second kappa shape index (κ2) is 7.86. The smallest absolute Gasteiger partial charge is 0.209 e. The molecule has 1 aliphatic rings. The molecule has 30 heavy (non-hydrogen) atoms. The Morgan fingerprint density at radius 1 is 1.20 bits per heavy atom. The van der Waals surface area contributed by atoms with E-state index in [1.165, 1.54) is 6.92 Å². The fourth-order valence-electron chi connectivity index (χ4n) is 3.92. The van der Waals surface area contributed by atoms with Gasteiger partial charge in [0, 0.05) is 18.5 Å². The van der Waals surface area contributed by atoms with Crippen LogP contribution in [0, 0.1) is 24.7 Å².